The molecule has 1 saturated carbocycles. The van der Waals surface area contributed by atoms with Crippen LogP contribution in [0, 0.1) is 0 Å². The Morgan fingerprint density at radius 2 is 1.68 bits per heavy atom. The van der Waals surface area contributed by atoms with Crippen LogP contribution in [0.15, 0.2) is 66.7 Å². The van der Waals surface area contributed by atoms with Gasteiger partial charge in [0.25, 0.3) is 0 Å². The van der Waals surface area contributed by atoms with Gasteiger partial charge in [-0.1, -0.05) is 41.9 Å². The number of ether oxygens (including phenoxy) is 2. The average molecular weight is 394 g/mol. The fraction of sp³-hybridized carbons (Fsp3) is 0.174. The van der Waals surface area contributed by atoms with Gasteiger partial charge in [-0.25, -0.2) is 0 Å². The van der Waals surface area contributed by atoms with E-state index < -0.39 is 5.41 Å². The van der Waals surface area contributed by atoms with Gasteiger partial charge in [-0.3, -0.25) is 4.79 Å². The summed E-state index contributed by atoms with van der Waals surface area (Å²) in [4.78, 5) is 13.1. The maximum atomic E-state index is 13.1. The number of amides is 1. The van der Waals surface area contributed by atoms with Crippen LogP contribution >= 0.6 is 11.6 Å². The largest absolute Gasteiger partial charge is 0.454 e. The van der Waals surface area contributed by atoms with E-state index in [2.05, 4.69) is 5.32 Å². The Morgan fingerprint density at radius 1 is 0.929 bits per heavy atom. The summed E-state index contributed by atoms with van der Waals surface area (Å²) in [6, 6.07) is 21.3. The number of rotatable bonds is 4. The third-order valence-electron chi connectivity index (χ3n) is 5.39. The number of nitrogens with one attached hydrogen (secondary N) is 1. The highest BCUT2D eigenvalue weighted by molar-refractivity contribution is 6.30. The average Bonchev–Trinajstić information content (AvgIpc) is 3.39. The van der Waals surface area contributed by atoms with Crippen LogP contribution in [0.25, 0.3) is 11.1 Å². The molecule has 3 aromatic rings. The molecule has 1 fully saturated rings. The lowest BCUT2D eigenvalue weighted by Crippen LogP contribution is -2.27. The van der Waals surface area contributed by atoms with Crippen molar-refractivity contribution in [1.29, 1.82) is 0 Å². The van der Waals surface area contributed by atoms with E-state index in [1.807, 2.05) is 66.7 Å². The summed E-state index contributed by atoms with van der Waals surface area (Å²) in [5.41, 5.74) is 3.27. The van der Waals surface area contributed by atoms with E-state index in [1.54, 1.807) is 0 Å². The minimum absolute atomic E-state index is 0. The number of hydrogen-bond acceptors (Lipinski definition) is 3. The van der Waals surface area contributed by atoms with Gasteiger partial charge in [0.1, 0.15) is 0 Å². The molecule has 142 valence electrons. The van der Waals surface area contributed by atoms with Gasteiger partial charge in [-0.05, 0) is 65.9 Å². The SMILES string of the molecule is O=C(Nc1cccc(-c2cccc(Cl)c2)c1)C1(c2ccc3c(c2)OCO3)CC1.[HH]. The fourth-order valence-corrected chi connectivity index (χ4v) is 3.85. The van der Waals surface area contributed by atoms with Crippen molar-refractivity contribution in [3.8, 4) is 22.6 Å². The molecule has 2 aliphatic rings. The first kappa shape index (κ1) is 17.1. The first-order valence-corrected chi connectivity index (χ1v) is 9.59. The van der Waals surface area contributed by atoms with E-state index in [4.69, 9.17) is 21.1 Å². The molecule has 0 atom stereocenters. The quantitative estimate of drug-likeness (QED) is 0.622. The Kier molecular flexibility index (Phi) is 4.02. The van der Waals surface area contributed by atoms with Crippen molar-refractivity contribution in [2.24, 2.45) is 0 Å². The molecule has 5 heteroatoms. The first-order chi connectivity index (χ1) is 13.6. The zero-order valence-electron chi connectivity index (χ0n) is 15.1. The molecule has 28 heavy (non-hydrogen) atoms. The number of halogens is 1. The molecule has 1 N–H and O–H groups in total. The lowest BCUT2D eigenvalue weighted by atomic mass is 9.94. The maximum absolute atomic E-state index is 13.1. The second-order valence-electron chi connectivity index (χ2n) is 7.20. The van der Waals surface area contributed by atoms with Crippen molar-refractivity contribution in [2.75, 3.05) is 12.1 Å². The Hall–Kier alpha value is -2.98. The number of fused-ring (bicyclic) bond motifs is 1. The smallest absolute Gasteiger partial charge is 0.235 e. The topological polar surface area (TPSA) is 47.6 Å². The summed E-state index contributed by atoms with van der Waals surface area (Å²) < 4.78 is 10.8. The molecule has 1 heterocycles. The predicted molar refractivity (Wildman–Crippen MR) is 111 cm³/mol. The van der Waals surface area contributed by atoms with Crippen molar-refractivity contribution in [3.05, 3.63) is 77.3 Å². The summed E-state index contributed by atoms with van der Waals surface area (Å²) in [6.45, 7) is 0.230. The van der Waals surface area contributed by atoms with Crippen LogP contribution in [-0.2, 0) is 10.2 Å². The predicted octanol–water partition coefficient (Wildman–Crippen LogP) is 5.65. The zero-order valence-corrected chi connectivity index (χ0v) is 15.8. The minimum Gasteiger partial charge on any atom is -0.454 e. The van der Waals surface area contributed by atoms with Crippen LogP contribution in [0.5, 0.6) is 11.5 Å². The van der Waals surface area contributed by atoms with Crippen LogP contribution < -0.4 is 14.8 Å². The van der Waals surface area contributed by atoms with Gasteiger partial charge in [0.2, 0.25) is 12.7 Å². The molecule has 3 aromatic carbocycles. The molecule has 0 saturated heterocycles. The third kappa shape index (κ3) is 3.00. The molecule has 0 aromatic heterocycles. The van der Waals surface area contributed by atoms with Crippen LogP contribution in [0.2, 0.25) is 5.02 Å². The second kappa shape index (κ2) is 6.57. The molecular formula is C23H20ClNO3. The van der Waals surface area contributed by atoms with E-state index >= 15 is 0 Å². The van der Waals surface area contributed by atoms with E-state index in [0.717, 1.165) is 41.0 Å². The highest BCUT2D eigenvalue weighted by atomic mass is 35.5. The molecule has 0 spiro atoms. The van der Waals surface area contributed by atoms with E-state index in [-0.39, 0.29) is 14.1 Å². The Balaban J connectivity index is 0.00000205. The van der Waals surface area contributed by atoms with Gasteiger partial charge < -0.3 is 14.8 Å². The van der Waals surface area contributed by atoms with Gasteiger partial charge >= 0.3 is 0 Å². The molecule has 0 radical (unpaired) electrons. The molecule has 0 bridgehead atoms. The van der Waals surface area contributed by atoms with Crippen molar-refractivity contribution in [1.82, 2.24) is 0 Å². The van der Waals surface area contributed by atoms with Gasteiger partial charge in [-0.2, -0.15) is 0 Å². The zero-order chi connectivity index (χ0) is 19.1. The van der Waals surface area contributed by atoms with Crippen molar-refractivity contribution < 1.29 is 15.7 Å². The van der Waals surface area contributed by atoms with Crippen molar-refractivity contribution in [2.45, 2.75) is 18.3 Å². The van der Waals surface area contributed by atoms with Crippen LogP contribution in [0.1, 0.15) is 19.8 Å². The monoisotopic (exact) mass is 393 g/mol. The molecule has 4 nitrogen and oxygen atoms in total. The Morgan fingerprint density at radius 3 is 2.46 bits per heavy atom. The first-order valence-electron chi connectivity index (χ1n) is 9.22. The van der Waals surface area contributed by atoms with Gasteiger partial charge in [-0.15, -0.1) is 0 Å². The molecule has 1 amide bonds. The van der Waals surface area contributed by atoms with Crippen LogP contribution in [0.4, 0.5) is 5.69 Å². The number of hydrogen-bond donors (Lipinski definition) is 1. The highest BCUT2D eigenvalue weighted by Crippen LogP contribution is 2.51. The summed E-state index contributed by atoms with van der Waals surface area (Å²) in [5.74, 6) is 1.45. The number of benzene rings is 3. The molecule has 5 rings (SSSR count). The molecule has 0 unspecified atom stereocenters. The maximum Gasteiger partial charge on any atom is 0.235 e. The summed E-state index contributed by atoms with van der Waals surface area (Å²) in [7, 11) is 0. The second-order valence-corrected chi connectivity index (χ2v) is 7.63. The Bertz CT molecular complexity index is 1080. The fourth-order valence-electron chi connectivity index (χ4n) is 3.66. The van der Waals surface area contributed by atoms with Crippen LogP contribution in [0.3, 0.4) is 0 Å². The van der Waals surface area contributed by atoms with Gasteiger partial charge in [0.15, 0.2) is 11.5 Å². The molecule has 1 aliphatic heterocycles. The number of carbonyl (C=O) groups is 1. The molecule has 1 aliphatic carbocycles. The number of carbonyl (C=O) groups excluding carboxylic acids is 1. The van der Waals surface area contributed by atoms with Gasteiger partial charge in [0, 0.05) is 12.1 Å². The van der Waals surface area contributed by atoms with E-state index in [0.29, 0.717) is 10.8 Å². The lowest BCUT2D eigenvalue weighted by Gasteiger charge is -2.17. The standard InChI is InChI=1S/C23H18ClNO3.H2/c24-18-5-1-3-15(11-18)16-4-2-6-19(12-16)25-22(26)23(9-10-23)17-7-8-20-21(13-17)28-14-27-20;/h1-8,11-13H,9-10,14H2,(H,25,26);1H. The minimum atomic E-state index is -0.493. The summed E-state index contributed by atoms with van der Waals surface area (Å²) in [6.07, 6.45) is 1.65. The normalized spacial score (nSPS) is 15.9. The van der Waals surface area contributed by atoms with E-state index in [1.165, 1.54) is 0 Å². The van der Waals surface area contributed by atoms with Crippen molar-refractivity contribution >= 4 is 23.2 Å². The highest BCUT2D eigenvalue weighted by Gasteiger charge is 2.51. The van der Waals surface area contributed by atoms with Gasteiger partial charge in [0.05, 0.1) is 5.41 Å². The summed E-state index contributed by atoms with van der Waals surface area (Å²) >= 11 is 6.11. The van der Waals surface area contributed by atoms with Crippen molar-refractivity contribution in [3.63, 3.8) is 0 Å². The summed E-state index contributed by atoms with van der Waals surface area (Å²) in [5, 5.41) is 3.78. The van der Waals surface area contributed by atoms with E-state index in [9.17, 15) is 4.79 Å². The Labute approximate surface area is 169 Å². The van der Waals surface area contributed by atoms with Crippen LogP contribution in [-0.4, -0.2) is 12.7 Å². The molecular weight excluding hydrogens is 374 g/mol. The lowest BCUT2D eigenvalue weighted by molar-refractivity contribution is -0.118. The third-order valence-corrected chi connectivity index (χ3v) is 5.62. The number of anilines is 1.